The van der Waals surface area contributed by atoms with Crippen molar-refractivity contribution in [1.29, 1.82) is 0 Å². The van der Waals surface area contributed by atoms with Crippen LogP contribution in [0, 0.1) is 0 Å². The third-order valence-electron chi connectivity index (χ3n) is 0.622. The largest absolute Gasteiger partial charge is 0.474 e. The van der Waals surface area contributed by atoms with E-state index in [2.05, 4.69) is 0 Å². The average Bonchev–Trinajstić information content (AvgIpc) is 1.63. The zero-order valence-corrected chi connectivity index (χ0v) is 6.42. The number of nitrogens with zero attached hydrogens (tertiary/aromatic N) is 2. The molecule has 0 fully saturated rings. The van der Waals surface area contributed by atoms with E-state index in [4.69, 9.17) is 9.51 Å². The molecule has 0 bridgehead atoms. The summed E-state index contributed by atoms with van der Waals surface area (Å²) in [6.45, 7) is 0. The highest BCUT2D eigenvalue weighted by molar-refractivity contribution is 6.17. The van der Waals surface area contributed by atoms with Gasteiger partial charge in [-0.05, 0) is 0 Å². The predicted molar refractivity (Wildman–Crippen MR) is 36.7 cm³/mol. The number of hydrogen-bond donors (Lipinski definition) is 0. The van der Waals surface area contributed by atoms with Gasteiger partial charge >= 0.3 is 7.69 Å². The van der Waals surface area contributed by atoms with Crippen molar-refractivity contribution in [3.63, 3.8) is 0 Å². The van der Waals surface area contributed by atoms with Gasteiger partial charge in [0.05, 0.1) is 0 Å². The monoisotopic (exact) mass is 132 g/mol. The zero-order valence-electron chi connectivity index (χ0n) is 6.42. The molecular weight excluding hydrogens is 119 g/mol. The molecule has 4 nitrogen and oxygen atoms in total. The second-order valence-electron chi connectivity index (χ2n) is 2.00. The molecule has 0 saturated heterocycles. The second-order valence-corrected chi connectivity index (χ2v) is 2.00. The van der Waals surface area contributed by atoms with Gasteiger partial charge in [-0.25, -0.2) is 10.1 Å². The minimum Gasteiger partial charge on any atom is -0.326 e. The molecule has 0 radical (unpaired) electrons. The van der Waals surface area contributed by atoms with Crippen LogP contribution in [0.25, 0.3) is 0 Å². The van der Waals surface area contributed by atoms with Crippen LogP contribution in [-0.2, 0) is 9.51 Å². The maximum absolute atomic E-state index is 4.92. The van der Waals surface area contributed by atoms with E-state index in [1.807, 2.05) is 0 Å². The third kappa shape index (κ3) is 7.90. The maximum atomic E-state index is 4.92. The molecule has 0 spiro atoms. The Labute approximate surface area is 56.5 Å². The Hall–Kier alpha value is -0.0951. The van der Waals surface area contributed by atoms with Crippen molar-refractivity contribution >= 4 is 7.69 Å². The topological polar surface area (TPSA) is 24.9 Å². The molecule has 0 aromatic carbocycles. The minimum atomic E-state index is 0.264. The summed E-state index contributed by atoms with van der Waals surface area (Å²) >= 11 is 0. The fourth-order valence-electron chi connectivity index (χ4n) is 0.234. The second kappa shape index (κ2) is 4.75. The van der Waals surface area contributed by atoms with Crippen LogP contribution >= 0.6 is 0 Å². The fourth-order valence-corrected chi connectivity index (χ4v) is 0.234. The standard InChI is InChI=1S/C4H13BN2O2/c1-6(2)8-5-9-7(3)4/h5H,1-4H3. The lowest BCUT2D eigenvalue weighted by Crippen LogP contribution is -2.23. The van der Waals surface area contributed by atoms with Gasteiger partial charge < -0.3 is 9.51 Å². The number of rotatable bonds is 4. The van der Waals surface area contributed by atoms with E-state index in [-0.39, 0.29) is 7.69 Å². The first kappa shape index (κ1) is 8.90. The molecule has 0 atom stereocenters. The van der Waals surface area contributed by atoms with Crippen molar-refractivity contribution in [2.24, 2.45) is 0 Å². The summed E-state index contributed by atoms with van der Waals surface area (Å²) in [6.07, 6.45) is 0. The highest BCUT2D eigenvalue weighted by atomic mass is 16.8. The first-order valence-corrected chi connectivity index (χ1v) is 2.73. The van der Waals surface area contributed by atoms with Crippen LogP contribution in [0.2, 0.25) is 0 Å². The summed E-state index contributed by atoms with van der Waals surface area (Å²) in [4.78, 5) is 0. The Morgan fingerprint density at radius 3 is 1.44 bits per heavy atom. The lowest BCUT2D eigenvalue weighted by Gasteiger charge is -2.12. The lowest BCUT2D eigenvalue weighted by atomic mass is 10.4. The predicted octanol–water partition coefficient (Wildman–Crippen LogP) is -0.761. The molecule has 0 aromatic rings. The van der Waals surface area contributed by atoms with Crippen molar-refractivity contribution < 1.29 is 9.51 Å². The van der Waals surface area contributed by atoms with E-state index >= 15 is 0 Å². The Bertz CT molecular complexity index is 61.6. The normalized spacial score (nSPS) is 10.9. The van der Waals surface area contributed by atoms with Gasteiger partial charge in [0.2, 0.25) is 0 Å². The summed E-state index contributed by atoms with van der Waals surface area (Å²) in [6, 6.07) is 0. The smallest absolute Gasteiger partial charge is 0.326 e. The quantitative estimate of drug-likeness (QED) is 0.370. The Balaban J connectivity index is 2.91. The first-order valence-electron chi connectivity index (χ1n) is 2.73. The molecule has 0 N–H and O–H groups in total. The molecule has 0 aliphatic heterocycles. The molecule has 54 valence electrons. The Kier molecular flexibility index (Phi) is 4.70. The van der Waals surface area contributed by atoms with E-state index in [1.165, 1.54) is 0 Å². The van der Waals surface area contributed by atoms with Gasteiger partial charge in [-0.3, -0.25) is 0 Å². The van der Waals surface area contributed by atoms with Crippen molar-refractivity contribution in [2.45, 2.75) is 0 Å². The van der Waals surface area contributed by atoms with Gasteiger partial charge in [-0.2, -0.15) is 0 Å². The van der Waals surface area contributed by atoms with Crippen molar-refractivity contribution in [3.05, 3.63) is 0 Å². The van der Waals surface area contributed by atoms with Gasteiger partial charge in [-0.1, -0.05) is 0 Å². The molecule has 5 heteroatoms. The van der Waals surface area contributed by atoms with E-state index in [9.17, 15) is 0 Å². The van der Waals surface area contributed by atoms with Gasteiger partial charge in [0, 0.05) is 28.2 Å². The van der Waals surface area contributed by atoms with Gasteiger partial charge in [0.1, 0.15) is 0 Å². The fraction of sp³-hybridized carbons (Fsp3) is 1.00. The molecule has 0 amide bonds. The highest BCUT2D eigenvalue weighted by Crippen LogP contribution is 1.78. The van der Waals surface area contributed by atoms with Gasteiger partial charge in [0.15, 0.2) is 0 Å². The number of hydrogen-bond acceptors (Lipinski definition) is 4. The molecule has 0 unspecified atom stereocenters. The molecule has 0 aliphatic rings. The molecular formula is C4H13BN2O2. The van der Waals surface area contributed by atoms with Crippen molar-refractivity contribution in [2.75, 3.05) is 28.2 Å². The lowest BCUT2D eigenvalue weighted by molar-refractivity contribution is -0.0801. The van der Waals surface area contributed by atoms with Crippen molar-refractivity contribution in [3.8, 4) is 0 Å². The Morgan fingerprint density at radius 2 is 1.22 bits per heavy atom. The summed E-state index contributed by atoms with van der Waals surface area (Å²) in [5, 5.41) is 3.17. The summed E-state index contributed by atoms with van der Waals surface area (Å²) in [5.41, 5.74) is 0. The van der Waals surface area contributed by atoms with Gasteiger partial charge in [-0.15, -0.1) is 0 Å². The molecule has 9 heavy (non-hydrogen) atoms. The van der Waals surface area contributed by atoms with Crippen LogP contribution < -0.4 is 0 Å². The van der Waals surface area contributed by atoms with Crippen LogP contribution in [0.1, 0.15) is 0 Å². The first-order chi connectivity index (χ1) is 4.13. The summed E-state index contributed by atoms with van der Waals surface area (Å²) < 4.78 is 9.84. The van der Waals surface area contributed by atoms with Crippen molar-refractivity contribution in [1.82, 2.24) is 10.1 Å². The highest BCUT2D eigenvalue weighted by Gasteiger charge is 1.94. The minimum absolute atomic E-state index is 0.264. The summed E-state index contributed by atoms with van der Waals surface area (Å²) in [5.74, 6) is 0. The molecule has 0 aromatic heterocycles. The third-order valence-corrected chi connectivity index (χ3v) is 0.622. The van der Waals surface area contributed by atoms with E-state index in [1.54, 1.807) is 38.3 Å². The average molecular weight is 132 g/mol. The Morgan fingerprint density at radius 1 is 0.889 bits per heavy atom. The van der Waals surface area contributed by atoms with Gasteiger partial charge in [0.25, 0.3) is 0 Å². The molecule has 0 heterocycles. The van der Waals surface area contributed by atoms with Crippen LogP contribution in [0.4, 0.5) is 0 Å². The zero-order chi connectivity index (χ0) is 7.28. The van der Waals surface area contributed by atoms with Crippen LogP contribution in [0.3, 0.4) is 0 Å². The molecule has 0 aliphatic carbocycles. The molecule has 0 rings (SSSR count). The van der Waals surface area contributed by atoms with Crippen LogP contribution in [-0.4, -0.2) is 46.0 Å². The molecule has 0 saturated carbocycles. The summed E-state index contributed by atoms with van der Waals surface area (Å²) in [7, 11) is 7.48. The van der Waals surface area contributed by atoms with Crippen LogP contribution in [0.15, 0.2) is 0 Å². The van der Waals surface area contributed by atoms with E-state index in [0.717, 1.165) is 0 Å². The van der Waals surface area contributed by atoms with Crippen LogP contribution in [0.5, 0.6) is 0 Å². The number of hydroxylamine groups is 4. The van der Waals surface area contributed by atoms with E-state index < -0.39 is 0 Å². The van der Waals surface area contributed by atoms with E-state index in [0.29, 0.717) is 0 Å². The maximum Gasteiger partial charge on any atom is 0.474 e. The SMILES string of the molecule is CN(C)OBON(C)C.